The summed E-state index contributed by atoms with van der Waals surface area (Å²) in [4.78, 5) is 41.8. The van der Waals surface area contributed by atoms with E-state index < -0.39 is 0 Å². The van der Waals surface area contributed by atoms with Crippen molar-refractivity contribution in [1.82, 2.24) is 24.8 Å². The van der Waals surface area contributed by atoms with E-state index in [1.54, 1.807) is 31.5 Å². The van der Waals surface area contributed by atoms with E-state index in [-0.39, 0.29) is 17.7 Å². The van der Waals surface area contributed by atoms with Gasteiger partial charge in [-0.1, -0.05) is 0 Å². The molecule has 0 spiro atoms. The first-order valence-corrected chi connectivity index (χ1v) is 10.1. The van der Waals surface area contributed by atoms with Crippen LogP contribution in [0, 0.1) is 0 Å². The summed E-state index contributed by atoms with van der Waals surface area (Å²) >= 11 is 0. The molecule has 1 N–H and O–H groups in total. The van der Waals surface area contributed by atoms with Crippen LogP contribution in [0.2, 0.25) is 0 Å². The number of nitrogens with one attached hydrogen (secondary N) is 1. The van der Waals surface area contributed by atoms with Gasteiger partial charge in [-0.15, -0.1) is 0 Å². The molecule has 0 saturated carbocycles. The molecule has 0 aromatic carbocycles. The number of piperidine rings is 1. The lowest BCUT2D eigenvalue weighted by Crippen LogP contribution is -2.39. The SMILES string of the molecule is CNc1nc(C2CCN(C(=O)c3cccnc3)CC2)nc2c1CN(C(C)=O)CC2. The van der Waals surface area contributed by atoms with Crippen molar-refractivity contribution in [3.63, 3.8) is 0 Å². The molecule has 1 saturated heterocycles. The maximum absolute atomic E-state index is 12.6. The number of anilines is 1. The molecule has 2 aromatic heterocycles. The molecule has 1 fully saturated rings. The number of fused-ring (bicyclic) bond motifs is 1. The molecule has 8 heteroatoms. The van der Waals surface area contributed by atoms with Gasteiger partial charge in [-0.05, 0) is 25.0 Å². The Balaban J connectivity index is 1.48. The van der Waals surface area contributed by atoms with Crippen molar-refractivity contribution in [2.24, 2.45) is 0 Å². The van der Waals surface area contributed by atoms with Gasteiger partial charge in [0, 0.05) is 63.9 Å². The van der Waals surface area contributed by atoms with Crippen molar-refractivity contribution in [2.75, 3.05) is 32.0 Å². The standard InChI is InChI=1S/C21H26N6O2/c1-14(28)27-11-7-18-17(13-27)20(22-2)25-19(24-18)15-5-9-26(10-6-15)21(29)16-4-3-8-23-12-16/h3-4,8,12,15H,5-7,9-11,13H2,1-2H3,(H,22,24,25). The smallest absolute Gasteiger partial charge is 0.255 e. The van der Waals surface area contributed by atoms with Gasteiger partial charge in [0.15, 0.2) is 0 Å². The fourth-order valence-electron chi connectivity index (χ4n) is 4.10. The summed E-state index contributed by atoms with van der Waals surface area (Å²) in [6.07, 6.45) is 5.72. The number of nitrogens with zero attached hydrogens (tertiary/aromatic N) is 5. The topological polar surface area (TPSA) is 91.3 Å². The number of amides is 2. The van der Waals surface area contributed by atoms with Crippen molar-refractivity contribution in [2.45, 2.75) is 38.6 Å². The van der Waals surface area contributed by atoms with Gasteiger partial charge in [0.25, 0.3) is 5.91 Å². The molecule has 29 heavy (non-hydrogen) atoms. The Bertz CT molecular complexity index is 892. The third-order valence-corrected chi connectivity index (χ3v) is 5.82. The third kappa shape index (κ3) is 3.92. The Morgan fingerprint density at radius 2 is 1.93 bits per heavy atom. The summed E-state index contributed by atoms with van der Waals surface area (Å²) in [5.41, 5.74) is 2.68. The van der Waals surface area contributed by atoms with Gasteiger partial charge >= 0.3 is 0 Å². The molecular formula is C21H26N6O2. The maximum Gasteiger partial charge on any atom is 0.255 e. The van der Waals surface area contributed by atoms with E-state index in [1.165, 1.54) is 0 Å². The predicted molar refractivity (Wildman–Crippen MR) is 108 cm³/mol. The van der Waals surface area contributed by atoms with Crippen molar-refractivity contribution in [3.05, 3.63) is 47.2 Å². The number of likely N-dealkylation sites (tertiary alicyclic amines) is 1. The van der Waals surface area contributed by atoms with Gasteiger partial charge < -0.3 is 15.1 Å². The highest BCUT2D eigenvalue weighted by atomic mass is 16.2. The van der Waals surface area contributed by atoms with E-state index >= 15 is 0 Å². The molecule has 2 aliphatic rings. The van der Waals surface area contributed by atoms with Gasteiger partial charge in [0.05, 0.1) is 17.8 Å². The number of rotatable bonds is 3. The molecular weight excluding hydrogens is 368 g/mol. The zero-order valence-electron chi connectivity index (χ0n) is 16.9. The first-order valence-electron chi connectivity index (χ1n) is 10.1. The number of aromatic nitrogens is 3. The largest absolute Gasteiger partial charge is 0.373 e. The van der Waals surface area contributed by atoms with E-state index in [4.69, 9.17) is 9.97 Å². The molecule has 0 aliphatic carbocycles. The summed E-state index contributed by atoms with van der Waals surface area (Å²) < 4.78 is 0. The van der Waals surface area contributed by atoms with Crippen LogP contribution < -0.4 is 5.32 Å². The zero-order valence-corrected chi connectivity index (χ0v) is 16.9. The van der Waals surface area contributed by atoms with Crippen LogP contribution in [0.5, 0.6) is 0 Å². The van der Waals surface area contributed by atoms with Crippen LogP contribution in [0.3, 0.4) is 0 Å². The molecule has 2 aromatic rings. The highest BCUT2D eigenvalue weighted by molar-refractivity contribution is 5.93. The van der Waals surface area contributed by atoms with E-state index in [2.05, 4.69) is 10.3 Å². The Morgan fingerprint density at radius 1 is 1.14 bits per heavy atom. The van der Waals surface area contributed by atoms with Crippen molar-refractivity contribution in [1.29, 1.82) is 0 Å². The minimum atomic E-state index is 0.0307. The molecule has 4 rings (SSSR count). The minimum Gasteiger partial charge on any atom is -0.373 e. The van der Waals surface area contributed by atoms with Gasteiger partial charge in [0.2, 0.25) is 5.91 Å². The normalized spacial score (nSPS) is 17.0. The molecule has 152 valence electrons. The zero-order chi connectivity index (χ0) is 20.4. The first kappa shape index (κ1) is 19.3. The average molecular weight is 394 g/mol. The van der Waals surface area contributed by atoms with E-state index in [1.807, 2.05) is 16.8 Å². The van der Waals surface area contributed by atoms with Crippen LogP contribution in [0.1, 0.15) is 53.1 Å². The van der Waals surface area contributed by atoms with E-state index in [0.717, 1.165) is 42.2 Å². The number of hydrogen-bond donors (Lipinski definition) is 1. The van der Waals surface area contributed by atoms with Crippen LogP contribution >= 0.6 is 0 Å². The predicted octanol–water partition coefficient (Wildman–Crippen LogP) is 1.84. The second-order valence-electron chi connectivity index (χ2n) is 7.60. The van der Waals surface area contributed by atoms with Crippen LogP contribution in [-0.2, 0) is 17.8 Å². The third-order valence-electron chi connectivity index (χ3n) is 5.82. The molecule has 0 atom stereocenters. The molecule has 2 amide bonds. The fraction of sp³-hybridized carbons (Fsp3) is 0.476. The highest BCUT2D eigenvalue weighted by Crippen LogP contribution is 2.30. The molecule has 0 bridgehead atoms. The fourth-order valence-corrected chi connectivity index (χ4v) is 4.10. The molecule has 0 unspecified atom stereocenters. The summed E-state index contributed by atoms with van der Waals surface area (Å²) in [6.45, 7) is 4.22. The average Bonchev–Trinajstić information content (AvgIpc) is 2.78. The van der Waals surface area contributed by atoms with Gasteiger partial charge in [-0.3, -0.25) is 14.6 Å². The number of pyridine rings is 1. The number of carbonyl (C=O) groups is 2. The van der Waals surface area contributed by atoms with Crippen molar-refractivity contribution < 1.29 is 9.59 Å². The van der Waals surface area contributed by atoms with E-state index in [9.17, 15) is 9.59 Å². The molecule has 2 aliphatic heterocycles. The Hall–Kier alpha value is -3.03. The van der Waals surface area contributed by atoms with Crippen LogP contribution in [0.4, 0.5) is 5.82 Å². The van der Waals surface area contributed by atoms with Crippen LogP contribution in [0.15, 0.2) is 24.5 Å². The Kier molecular flexibility index (Phi) is 5.42. The second kappa shape index (κ2) is 8.14. The van der Waals surface area contributed by atoms with Crippen LogP contribution in [0.25, 0.3) is 0 Å². The van der Waals surface area contributed by atoms with E-state index in [0.29, 0.717) is 31.7 Å². The first-order chi connectivity index (χ1) is 14.1. The monoisotopic (exact) mass is 394 g/mol. The Morgan fingerprint density at radius 3 is 2.59 bits per heavy atom. The van der Waals surface area contributed by atoms with Crippen LogP contribution in [-0.4, -0.2) is 63.2 Å². The molecule has 0 radical (unpaired) electrons. The number of carbonyl (C=O) groups excluding carboxylic acids is 2. The van der Waals surface area contributed by atoms with Gasteiger partial charge in [-0.25, -0.2) is 9.97 Å². The lowest BCUT2D eigenvalue weighted by Gasteiger charge is -2.33. The quantitative estimate of drug-likeness (QED) is 0.854. The molecule has 8 nitrogen and oxygen atoms in total. The van der Waals surface area contributed by atoms with Crippen molar-refractivity contribution in [3.8, 4) is 0 Å². The van der Waals surface area contributed by atoms with Gasteiger partial charge in [-0.2, -0.15) is 0 Å². The minimum absolute atomic E-state index is 0.0307. The summed E-state index contributed by atoms with van der Waals surface area (Å²) in [6, 6.07) is 3.59. The second-order valence-corrected chi connectivity index (χ2v) is 7.60. The van der Waals surface area contributed by atoms with Gasteiger partial charge in [0.1, 0.15) is 11.6 Å². The summed E-state index contributed by atoms with van der Waals surface area (Å²) in [5.74, 6) is 1.99. The highest BCUT2D eigenvalue weighted by Gasteiger charge is 2.29. The lowest BCUT2D eigenvalue weighted by atomic mass is 9.94. The summed E-state index contributed by atoms with van der Waals surface area (Å²) in [7, 11) is 1.86. The van der Waals surface area contributed by atoms with Crippen molar-refractivity contribution >= 4 is 17.6 Å². The molecule has 4 heterocycles. The Labute approximate surface area is 170 Å². The maximum atomic E-state index is 12.6. The summed E-state index contributed by atoms with van der Waals surface area (Å²) in [5, 5.41) is 3.18. The number of hydrogen-bond acceptors (Lipinski definition) is 6. The lowest BCUT2D eigenvalue weighted by molar-refractivity contribution is -0.129.